The maximum atomic E-state index is 10.8. The van der Waals surface area contributed by atoms with E-state index in [4.69, 9.17) is 4.74 Å². The van der Waals surface area contributed by atoms with Crippen LogP contribution in [0.2, 0.25) is 0 Å². The van der Waals surface area contributed by atoms with E-state index in [-0.39, 0.29) is 6.10 Å². The highest BCUT2D eigenvalue weighted by molar-refractivity contribution is 14.1. The predicted octanol–water partition coefficient (Wildman–Crippen LogP) is 1.40. The molecule has 4 nitrogen and oxygen atoms in total. The van der Waals surface area contributed by atoms with Crippen LogP contribution in [0.4, 0.5) is 0 Å². The molecule has 0 radical (unpaired) electrons. The summed E-state index contributed by atoms with van der Waals surface area (Å²) in [7, 11) is 0. The van der Waals surface area contributed by atoms with Crippen molar-refractivity contribution >= 4 is 28.9 Å². The molecule has 14 heavy (non-hydrogen) atoms. The molecule has 76 valence electrons. The number of carbonyl (C=O) groups is 1. The summed E-state index contributed by atoms with van der Waals surface area (Å²) in [5, 5.41) is 0. The normalized spacial score (nSPS) is 20.6. The highest BCUT2D eigenvalue weighted by Gasteiger charge is 2.21. The Morgan fingerprint density at radius 2 is 2.50 bits per heavy atom. The third kappa shape index (κ3) is 1.70. The Hall–Kier alpha value is -0.430. The van der Waals surface area contributed by atoms with Gasteiger partial charge in [-0.2, -0.15) is 0 Å². The standard InChI is InChI=1S/C9H11IN2O2/c1-6-9(10)11-8(5-13)12(6)4-7-2-3-14-7/h5,7H,2-4H2,1H3/t7-/m0/s1. The minimum Gasteiger partial charge on any atom is -0.376 e. The van der Waals surface area contributed by atoms with E-state index in [1.807, 2.05) is 11.5 Å². The van der Waals surface area contributed by atoms with E-state index in [9.17, 15) is 4.79 Å². The van der Waals surface area contributed by atoms with Gasteiger partial charge in [-0.25, -0.2) is 4.98 Å². The zero-order valence-corrected chi connectivity index (χ0v) is 10.0. The van der Waals surface area contributed by atoms with Crippen LogP contribution in [0, 0.1) is 10.6 Å². The molecule has 2 rings (SSSR count). The number of aromatic nitrogens is 2. The summed E-state index contributed by atoms with van der Waals surface area (Å²) in [6.45, 7) is 3.56. The first-order chi connectivity index (χ1) is 6.72. The van der Waals surface area contributed by atoms with Crippen LogP contribution in [-0.2, 0) is 11.3 Å². The number of aldehydes is 1. The summed E-state index contributed by atoms with van der Waals surface area (Å²) in [6.07, 6.45) is 2.14. The quantitative estimate of drug-likeness (QED) is 0.626. The second kappa shape index (κ2) is 3.98. The van der Waals surface area contributed by atoms with E-state index in [1.54, 1.807) is 0 Å². The minimum absolute atomic E-state index is 0.261. The van der Waals surface area contributed by atoms with Crippen molar-refractivity contribution in [2.45, 2.75) is 26.0 Å². The molecule has 1 saturated heterocycles. The summed E-state index contributed by atoms with van der Waals surface area (Å²) in [5.41, 5.74) is 1.04. The Balaban J connectivity index is 2.24. The molecule has 2 heterocycles. The van der Waals surface area contributed by atoms with E-state index in [2.05, 4.69) is 27.6 Å². The molecule has 0 aromatic carbocycles. The zero-order chi connectivity index (χ0) is 10.1. The average Bonchev–Trinajstić information content (AvgIpc) is 2.37. The number of halogens is 1. The van der Waals surface area contributed by atoms with Gasteiger partial charge in [0.05, 0.1) is 12.6 Å². The number of rotatable bonds is 3. The molecular weight excluding hydrogens is 295 g/mol. The molecule has 1 atom stereocenters. The predicted molar refractivity (Wildman–Crippen MR) is 59.4 cm³/mol. The first kappa shape index (κ1) is 10.1. The van der Waals surface area contributed by atoms with Gasteiger partial charge in [-0.05, 0) is 35.9 Å². The van der Waals surface area contributed by atoms with Gasteiger partial charge in [-0.1, -0.05) is 0 Å². The number of imidazole rings is 1. The SMILES string of the molecule is Cc1c(I)nc(C=O)n1C[C@@H]1CCO1. The molecule has 0 saturated carbocycles. The molecule has 0 unspecified atom stereocenters. The molecule has 0 spiro atoms. The first-order valence-corrected chi connectivity index (χ1v) is 5.59. The van der Waals surface area contributed by atoms with Gasteiger partial charge in [-0.3, -0.25) is 4.79 Å². The van der Waals surface area contributed by atoms with Crippen LogP contribution < -0.4 is 0 Å². The Morgan fingerprint density at radius 1 is 1.79 bits per heavy atom. The second-order valence-corrected chi connectivity index (χ2v) is 4.38. The zero-order valence-electron chi connectivity index (χ0n) is 7.86. The van der Waals surface area contributed by atoms with Crippen LogP contribution in [0.15, 0.2) is 0 Å². The molecule has 1 fully saturated rings. The van der Waals surface area contributed by atoms with Gasteiger partial charge in [0.1, 0.15) is 3.70 Å². The van der Waals surface area contributed by atoms with Crippen molar-refractivity contribution in [1.29, 1.82) is 0 Å². The third-order valence-electron chi connectivity index (χ3n) is 2.48. The van der Waals surface area contributed by atoms with Gasteiger partial charge in [0.15, 0.2) is 12.1 Å². The maximum Gasteiger partial charge on any atom is 0.185 e. The van der Waals surface area contributed by atoms with Crippen molar-refractivity contribution in [3.8, 4) is 0 Å². The lowest BCUT2D eigenvalue weighted by atomic mass is 10.2. The lowest BCUT2D eigenvalue weighted by Gasteiger charge is -2.27. The molecule has 0 bridgehead atoms. The third-order valence-corrected chi connectivity index (χ3v) is 3.50. The number of ether oxygens (including phenoxy) is 1. The second-order valence-electron chi connectivity index (χ2n) is 3.36. The maximum absolute atomic E-state index is 10.8. The van der Waals surface area contributed by atoms with Crippen LogP contribution in [0.3, 0.4) is 0 Å². The van der Waals surface area contributed by atoms with E-state index < -0.39 is 0 Å². The molecular formula is C9H11IN2O2. The number of hydrogen-bond acceptors (Lipinski definition) is 3. The summed E-state index contributed by atoms with van der Waals surface area (Å²) in [5.74, 6) is 0.502. The topological polar surface area (TPSA) is 44.1 Å². The highest BCUT2D eigenvalue weighted by Crippen LogP contribution is 2.18. The van der Waals surface area contributed by atoms with Crippen molar-refractivity contribution < 1.29 is 9.53 Å². The Morgan fingerprint density at radius 3 is 3.00 bits per heavy atom. The van der Waals surface area contributed by atoms with Gasteiger partial charge in [0.2, 0.25) is 0 Å². The molecule has 0 amide bonds. The van der Waals surface area contributed by atoms with Crippen LogP contribution in [0.25, 0.3) is 0 Å². The Bertz CT molecular complexity index is 358. The van der Waals surface area contributed by atoms with Gasteiger partial charge in [0.25, 0.3) is 0 Å². The van der Waals surface area contributed by atoms with E-state index >= 15 is 0 Å². The van der Waals surface area contributed by atoms with Gasteiger partial charge >= 0.3 is 0 Å². The van der Waals surface area contributed by atoms with Gasteiger partial charge < -0.3 is 9.30 Å². The first-order valence-electron chi connectivity index (χ1n) is 4.51. The fourth-order valence-electron chi connectivity index (χ4n) is 1.48. The van der Waals surface area contributed by atoms with Crippen LogP contribution in [-0.4, -0.2) is 28.5 Å². The molecule has 1 aliphatic rings. The van der Waals surface area contributed by atoms with Crippen LogP contribution in [0.5, 0.6) is 0 Å². The molecule has 1 aromatic rings. The summed E-state index contributed by atoms with van der Waals surface area (Å²) in [4.78, 5) is 14.9. The molecule has 1 aromatic heterocycles. The highest BCUT2D eigenvalue weighted by atomic mass is 127. The fraction of sp³-hybridized carbons (Fsp3) is 0.556. The number of hydrogen-bond donors (Lipinski definition) is 0. The van der Waals surface area contributed by atoms with Gasteiger partial charge in [-0.15, -0.1) is 0 Å². The van der Waals surface area contributed by atoms with Crippen LogP contribution >= 0.6 is 22.6 Å². The number of nitrogens with zero attached hydrogens (tertiary/aromatic N) is 2. The lowest BCUT2D eigenvalue weighted by molar-refractivity contribution is -0.0596. The Kier molecular flexibility index (Phi) is 2.87. The summed E-state index contributed by atoms with van der Waals surface area (Å²) in [6, 6.07) is 0. The van der Waals surface area contributed by atoms with Crippen molar-refractivity contribution in [2.24, 2.45) is 0 Å². The largest absolute Gasteiger partial charge is 0.376 e. The van der Waals surface area contributed by atoms with Gasteiger partial charge in [0, 0.05) is 12.3 Å². The average molecular weight is 306 g/mol. The molecule has 1 aliphatic heterocycles. The molecule has 0 aliphatic carbocycles. The summed E-state index contributed by atoms with van der Waals surface area (Å²) >= 11 is 2.14. The van der Waals surface area contributed by atoms with Crippen molar-refractivity contribution in [3.05, 3.63) is 15.2 Å². The smallest absolute Gasteiger partial charge is 0.185 e. The summed E-state index contributed by atoms with van der Waals surface area (Å²) < 4.78 is 8.15. The lowest BCUT2D eigenvalue weighted by Crippen LogP contribution is -2.32. The van der Waals surface area contributed by atoms with Crippen molar-refractivity contribution in [2.75, 3.05) is 6.61 Å². The fourth-order valence-corrected chi connectivity index (χ4v) is 2.02. The van der Waals surface area contributed by atoms with E-state index in [0.29, 0.717) is 5.82 Å². The minimum atomic E-state index is 0.261. The molecule has 0 N–H and O–H groups in total. The monoisotopic (exact) mass is 306 g/mol. The van der Waals surface area contributed by atoms with Crippen molar-refractivity contribution in [3.63, 3.8) is 0 Å². The van der Waals surface area contributed by atoms with E-state index in [1.165, 1.54) is 0 Å². The number of carbonyl (C=O) groups excluding carboxylic acids is 1. The van der Waals surface area contributed by atoms with Crippen LogP contribution in [0.1, 0.15) is 22.7 Å². The Labute approximate surface area is 95.8 Å². The van der Waals surface area contributed by atoms with Crippen molar-refractivity contribution in [1.82, 2.24) is 9.55 Å². The molecule has 5 heteroatoms. The van der Waals surface area contributed by atoms with E-state index in [0.717, 1.165) is 35.3 Å².